The fraction of sp³-hybridized carbons (Fsp3) is 0.235. The number of amides is 1. The van der Waals surface area contributed by atoms with Gasteiger partial charge in [0.15, 0.2) is 6.61 Å². The minimum Gasteiger partial charge on any atom is -0.482 e. The Kier molecular flexibility index (Phi) is 6.28. The van der Waals surface area contributed by atoms with Gasteiger partial charge in [0.1, 0.15) is 5.75 Å². The van der Waals surface area contributed by atoms with Gasteiger partial charge < -0.3 is 10.1 Å². The molecule has 0 spiro atoms. The average Bonchev–Trinajstić information content (AvgIpc) is 2.52. The van der Waals surface area contributed by atoms with E-state index in [1.807, 2.05) is 24.3 Å². The summed E-state index contributed by atoms with van der Waals surface area (Å²) in [5.41, 5.74) is 1.19. The lowest BCUT2D eigenvalue weighted by molar-refractivity contribution is -0.123. The summed E-state index contributed by atoms with van der Waals surface area (Å²) in [4.78, 5) is 11.8. The van der Waals surface area contributed by atoms with Crippen molar-refractivity contribution >= 4 is 33.4 Å². The van der Waals surface area contributed by atoms with Crippen LogP contribution in [0.15, 0.2) is 53.0 Å². The summed E-state index contributed by atoms with van der Waals surface area (Å²) >= 11 is 9.35. The van der Waals surface area contributed by atoms with Crippen molar-refractivity contribution < 1.29 is 9.53 Å². The molecule has 1 atom stereocenters. The number of carbonyl (C=O) groups excluding carboxylic acids is 1. The second-order valence-corrected chi connectivity index (χ2v) is 6.30. The molecule has 0 bridgehead atoms. The van der Waals surface area contributed by atoms with Crippen molar-refractivity contribution in [2.75, 3.05) is 13.2 Å². The van der Waals surface area contributed by atoms with Gasteiger partial charge in [0.25, 0.3) is 5.91 Å². The first kappa shape index (κ1) is 16.8. The zero-order chi connectivity index (χ0) is 15.9. The first-order valence-corrected chi connectivity index (χ1v) is 8.13. The number of ether oxygens (including phenoxy) is 1. The second kappa shape index (κ2) is 8.20. The van der Waals surface area contributed by atoms with Crippen LogP contribution < -0.4 is 10.1 Å². The molecule has 1 amide bonds. The summed E-state index contributed by atoms with van der Waals surface area (Å²) in [6.07, 6.45) is 0. The molecule has 1 N–H and O–H groups in total. The summed E-state index contributed by atoms with van der Waals surface area (Å²) in [6, 6.07) is 15.3. The number of hydrogen-bond acceptors (Lipinski definition) is 2. The standard InChI is InChI=1S/C17H17BrClNO2/c1-12(13-5-3-2-4-6-13)10-20-17(21)11-22-16-8-7-14(18)9-15(16)19/h2-9,12H,10-11H2,1H3,(H,20,21)/t12-/m0/s1. The number of carbonyl (C=O) groups is 1. The first-order valence-electron chi connectivity index (χ1n) is 6.95. The van der Waals surface area contributed by atoms with Gasteiger partial charge in [0.2, 0.25) is 0 Å². The lowest BCUT2D eigenvalue weighted by atomic mass is 10.0. The molecule has 116 valence electrons. The van der Waals surface area contributed by atoms with Gasteiger partial charge in [-0.1, -0.05) is 64.8 Å². The Bertz CT molecular complexity index is 634. The Balaban J connectivity index is 1.78. The van der Waals surface area contributed by atoms with Gasteiger partial charge in [-0.3, -0.25) is 4.79 Å². The van der Waals surface area contributed by atoms with E-state index in [0.717, 1.165) is 4.47 Å². The molecule has 0 aliphatic carbocycles. The third kappa shape index (κ3) is 5.04. The zero-order valence-electron chi connectivity index (χ0n) is 12.2. The van der Waals surface area contributed by atoms with Crippen molar-refractivity contribution in [3.05, 3.63) is 63.6 Å². The van der Waals surface area contributed by atoms with Crippen LogP contribution in [-0.4, -0.2) is 19.1 Å². The third-order valence-electron chi connectivity index (χ3n) is 3.23. The van der Waals surface area contributed by atoms with Crippen LogP contribution in [0.2, 0.25) is 5.02 Å². The van der Waals surface area contributed by atoms with Gasteiger partial charge >= 0.3 is 0 Å². The summed E-state index contributed by atoms with van der Waals surface area (Å²) in [6.45, 7) is 2.59. The van der Waals surface area contributed by atoms with Crippen molar-refractivity contribution in [3.8, 4) is 5.75 Å². The number of nitrogens with one attached hydrogen (secondary N) is 1. The molecule has 0 aliphatic heterocycles. The molecule has 22 heavy (non-hydrogen) atoms. The normalized spacial score (nSPS) is 11.8. The van der Waals surface area contributed by atoms with E-state index in [1.54, 1.807) is 12.1 Å². The quantitative estimate of drug-likeness (QED) is 0.804. The van der Waals surface area contributed by atoms with E-state index < -0.39 is 0 Å². The maximum absolute atomic E-state index is 11.8. The smallest absolute Gasteiger partial charge is 0.257 e. The SMILES string of the molecule is C[C@@H](CNC(=O)COc1ccc(Br)cc1Cl)c1ccccc1. The van der Waals surface area contributed by atoms with E-state index in [4.69, 9.17) is 16.3 Å². The fourth-order valence-corrected chi connectivity index (χ4v) is 2.68. The molecule has 3 nitrogen and oxygen atoms in total. The Morgan fingerprint density at radius 3 is 2.68 bits per heavy atom. The molecule has 2 aromatic carbocycles. The van der Waals surface area contributed by atoms with Crippen LogP contribution in [0.3, 0.4) is 0 Å². The topological polar surface area (TPSA) is 38.3 Å². The molecule has 0 aliphatic rings. The van der Waals surface area contributed by atoms with E-state index >= 15 is 0 Å². The van der Waals surface area contributed by atoms with Gasteiger partial charge in [-0.25, -0.2) is 0 Å². The summed E-state index contributed by atoms with van der Waals surface area (Å²) in [5, 5.41) is 3.34. The molecule has 0 radical (unpaired) electrons. The van der Waals surface area contributed by atoms with E-state index in [2.05, 4.69) is 40.3 Å². The van der Waals surface area contributed by atoms with Crippen LogP contribution in [-0.2, 0) is 4.79 Å². The van der Waals surface area contributed by atoms with Gasteiger partial charge in [-0.05, 0) is 29.7 Å². The Hall–Kier alpha value is -1.52. The minimum absolute atomic E-state index is 0.0527. The molecular formula is C17H17BrClNO2. The van der Waals surface area contributed by atoms with Gasteiger partial charge in [0.05, 0.1) is 5.02 Å². The number of halogens is 2. The van der Waals surface area contributed by atoms with E-state index in [0.29, 0.717) is 17.3 Å². The molecule has 0 saturated carbocycles. The van der Waals surface area contributed by atoms with Crippen LogP contribution in [0.5, 0.6) is 5.75 Å². The molecule has 0 fully saturated rings. The lowest BCUT2D eigenvalue weighted by Crippen LogP contribution is -2.31. The van der Waals surface area contributed by atoms with E-state index in [-0.39, 0.29) is 18.4 Å². The van der Waals surface area contributed by atoms with E-state index in [1.165, 1.54) is 5.56 Å². The molecular weight excluding hydrogens is 366 g/mol. The molecule has 0 unspecified atom stereocenters. The highest BCUT2D eigenvalue weighted by atomic mass is 79.9. The van der Waals surface area contributed by atoms with Crippen LogP contribution in [0.25, 0.3) is 0 Å². The summed E-state index contributed by atoms with van der Waals surface area (Å²) in [7, 11) is 0. The first-order chi connectivity index (χ1) is 10.6. The largest absolute Gasteiger partial charge is 0.482 e. The molecule has 5 heteroatoms. The number of rotatable bonds is 6. The molecule has 0 saturated heterocycles. The average molecular weight is 383 g/mol. The number of benzene rings is 2. The third-order valence-corrected chi connectivity index (χ3v) is 4.02. The maximum Gasteiger partial charge on any atom is 0.257 e. The van der Waals surface area contributed by atoms with Crippen molar-refractivity contribution in [1.82, 2.24) is 5.32 Å². The molecule has 2 aromatic rings. The summed E-state index contributed by atoms with van der Waals surface area (Å²) in [5.74, 6) is 0.583. The molecule has 0 heterocycles. The highest BCUT2D eigenvalue weighted by molar-refractivity contribution is 9.10. The Labute approximate surface area is 143 Å². The van der Waals surface area contributed by atoms with Crippen molar-refractivity contribution in [1.29, 1.82) is 0 Å². The monoisotopic (exact) mass is 381 g/mol. The number of hydrogen-bond donors (Lipinski definition) is 1. The highest BCUT2D eigenvalue weighted by Crippen LogP contribution is 2.27. The van der Waals surface area contributed by atoms with Crippen molar-refractivity contribution in [3.63, 3.8) is 0 Å². The van der Waals surface area contributed by atoms with Crippen LogP contribution in [0.1, 0.15) is 18.4 Å². The predicted octanol–water partition coefficient (Wildman–Crippen LogP) is 4.40. The highest BCUT2D eigenvalue weighted by Gasteiger charge is 2.09. The zero-order valence-corrected chi connectivity index (χ0v) is 14.5. The Morgan fingerprint density at radius 1 is 1.27 bits per heavy atom. The maximum atomic E-state index is 11.8. The van der Waals surface area contributed by atoms with Crippen molar-refractivity contribution in [2.24, 2.45) is 0 Å². The Morgan fingerprint density at radius 2 is 2.00 bits per heavy atom. The van der Waals surface area contributed by atoms with Gasteiger partial charge in [0, 0.05) is 11.0 Å². The van der Waals surface area contributed by atoms with Gasteiger partial charge in [-0.2, -0.15) is 0 Å². The molecule has 2 rings (SSSR count). The second-order valence-electron chi connectivity index (χ2n) is 4.98. The predicted molar refractivity (Wildman–Crippen MR) is 92.5 cm³/mol. The molecule has 0 aromatic heterocycles. The lowest BCUT2D eigenvalue weighted by Gasteiger charge is -2.13. The van der Waals surface area contributed by atoms with Crippen LogP contribution in [0.4, 0.5) is 0 Å². The minimum atomic E-state index is -0.165. The summed E-state index contributed by atoms with van der Waals surface area (Å²) < 4.78 is 6.29. The van der Waals surface area contributed by atoms with Crippen LogP contribution in [0, 0.1) is 0 Å². The van der Waals surface area contributed by atoms with Crippen molar-refractivity contribution in [2.45, 2.75) is 12.8 Å². The van der Waals surface area contributed by atoms with Crippen LogP contribution >= 0.6 is 27.5 Å². The van der Waals surface area contributed by atoms with E-state index in [9.17, 15) is 4.79 Å². The van der Waals surface area contributed by atoms with Gasteiger partial charge in [-0.15, -0.1) is 0 Å². The fourth-order valence-electron chi connectivity index (χ4n) is 1.95.